The lowest BCUT2D eigenvalue weighted by molar-refractivity contribution is 0.0841. The summed E-state index contributed by atoms with van der Waals surface area (Å²) in [6.07, 6.45) is 3.04. The highest BCUT2D eigenvalue weighted by atomic mass is 35.5. The van der Waals surface area contributed by atoms with Crippen molar-refractivity contribution in [2.45, 2.75) is 0 Å². The number of aromatic nitrogens is 4. The van der Waals surface area contributed by atoms with Crippen LogP contribution < -0.4 is 21.0 Å². The zero-order chi connectivity index (χ0) is 27.1. The number of nitrogens with one attached hydrogen (secondary N) is 3. The van der Waals surface area contributed by atoms with Crippen LogP contribution in [0.1, 0.15) is 31.6 Å². The molecule has 1 aromatic carbocycles. The average Bonchev–Trinajstić information content (AvgIpc) is 3.40. The van der Waals surface area contributed by atoms with Gasteiger partial charge in [0.25, 0.3) is 11.8 Å². The molecule has 0 aliphatic heterocycles. The van der Waals surface area contributed by atoms with Crippen molar-refractivity contribution in [3.8, 4) is 0 Å². The molecule has 0 fully saturated rings. The molecule has 0 aliphatic rings. The number of alkyl halides is 2. The Bertz CT molecular complexity index is 1250. The number of halogens is 2. The first-order chi connectivity index (χ1) is 17.6. The lowest BCUT2D eigenvalue weighted by Gasteiger charge is -2.22. The van der Waals surface area contributed by atoms with Crippen LogP contribution in [0.3, 0.4) is 0 Å². The molecule has 0 saturated carbocycles. The van der Waals surface area contributed by atoms with Crippen LogP contribution in [0, 0.1) is 0 Å². The second-order valence-corrected chi connectivity index (χ2v) is 9.03. The van der Waals surface area contributed by atoms with Gasteiger partial charge < -0.3 is 24.7 Å². The van der Waals surface area contributed by atoms with E-state index in [2.05, 4.69) is 26.0 Å². The van der Waals surface area contributed by atoms with Gasteiger partial charge >= 0.3 is 5.91 Å². The number of carbonyl (C=O) groups excluding carboxylic acids is 3. The maximum absolute atomic E-state index is 12.8. The number of benzene rings is 1. The highest BCUT2D eigenvalue weighted by molar-refractivity contribution is 6.18. The largest absolute Gasteiger partial charge is 0.369 e. The molecule has 198 valence electrons. The highest BCUT2D eigenvalue weighted by Crippen LogP contribution is 2.17. The lowest BCUT2D eigenvalue weighted by Crippen LogP contribution is -2.37. The Morgan fingerprint density at radius 1 is 0.811 bits per heavy atom. The molecule has 3 N–H and O–H groups in total. The van der Waals surface area contributed by atoms with Gasteiger partial charge in [0.1, 0.15) is 0 Å². The number of aryl methyl sites for hydroxylation is 2. The first kappa shape index (κ1) is 28.0. The second-order valence-electron chi connectivity index (χ2n) is 8.28. The normalized spacial score (nSPS) is 10.9. The minimum absolute atomic E-state index is 0.0494. The van der Waals surface area contributed by atoms with E-state index in [0.29, 0.717) is 30.4 Å². The smallest absolute Gasteiger partial charge is 0.301 e. The Hall–Kier alpha value is -3.61. The summed E-state index contributed by atoms with van der Waals surface area (Å²) in [4.78, 5) is 48.2. The van der Waals surface area contributed by atoms with E-state index in [0.717, 1.165) is 5.69 Å². The molecule has 0 saturated heterocycles. The van der Waals surface area contributed by atoms with Crippen LogP contribution in [-0.2, 0) is 14.1 Å². The van der Waals surface area contributed by atoms with Crippen LogP contribution in [0.2, 0.25) is 0 Å². The Morgan fingerprint density at radius 2 is 1.30 bits per heavy atom. The van der Waals surface area contributed by atoms with E-state index in [9.17, 15) is 14.4 Å². The van der Waals surface area contributed by atoms with Crippen LogP contribution in [-0.4, -0.2) is 80.8 Å². The first-order valence-corrected chi connectivity index (χ1v) is 12.3. The molecule has 37 heavy (non-hydrogen) atoms. The molecule has 3 aromatic rings. The third-order valence-corrected chi connectivity index (χ3v) is 5.51. The Morgan fingerprint density at radius 3 is 1.78 bits per heavy atom. The van der Waals surface area contributed by atoms with E-state index in [4.69, 9.17) is 23.2 Å². The maximum atomic E-state index is 12.8. The molecule has 12 nitrogen and oxygen atoms in total. The van der Waals surface area contributed by atoms with Crippen molar-refractivity contribution in [1.82, 2.24) is 29.5 Å². The summed E-state index contributed by atoms with van der Waals surface area (Å²) < 4.78 is 2.97. The van der Waals surface area contributed by atoms with E-state index in [1.807, 2.05) is 17.0 Å². The van der Waals surface area contributed by atoms with Gasteiger partial charge in [-0.3, -0.25) is 19.8 Å². The van der Waals surface area contributed by atoms with Gasteiger partial charge in [-0.2, -0.15) is 0 Å². The van der Waals surface area contributed by atoms with Crippen molar-refractivity contribution in [1.29, 1.82) is 0 Å². The molecule has 3 rings (SSSR count). The van der Waals surface area contributed by atoms with Crippen molar-refractivity contribution in [3.05, 3.63) is 53.9 Å². The fraction of sp³-hybridized carbons (Fsp3) is 0.348. The second kappa shape index (κ2) is 12.6. The molecule has 2 heterocycles. The number of imidazole rings is 2. The molecule has 0 radical (unpaired) electrons. The van der Waals surface area contributed by atoms with Gasteiger partial charge in [0.15, 0.2) is 11.6 Å². The topological polar surface area (TPSA) is 129 Å². The quantitative estimate of drug-likeness (QED) is 0.247. The zero-order valence-corrected chi connectivity index (χ0v) is 22.5. The third-order valence-electron chi connectivity index (χ3n) is 5.17. The van der Waals surface area contributed by atoms with E-state index in [1.165, 1.54) is 26.5 Å². The van der Waals surface area contributed by atoms with Crippen molar-refractivity contribution in [2.24, 2.45) is 14.1 Å². The molecule has 2 aromatic heterocycles. The van der Waals surface area contributed by atoms with Crippen molar-refractivity contribution < 1.29 is 14.4 Å². The maximum Gasteiger partial charge on any atom is 0.301 e. The van der Waals surface area contributed by atoms with Gasteiger partial charge in [0.2, 0.25) is 11.6 Å². The summed E-state index contributed by atoms with van der Waals surface area (Å²) in [7, 11) is 6.62. The molecular weight excluding hydrogens is 521 g/mol. The molecule has 0 aliphatic carbocycles. The summed E-state index contributed by atoms with van der Waals surface area (Å²) in [5.74, 6) is 0.132. The van der Waals surface area contributed by atoms with Gasteiger partial charge in [-0.15, -0.1) is 23.2 Å². The molecule has 3 amide bonds. The van der Waals surface area contributed by atoms with Gasteiger partial charge in [-0.05, 0) is 24.3 Å². The van der Waals surface area contributed by atoms with Crippen LogP contribution in [0.15, 0.2) is 36.7 Å². The summed E-state index contributed by atoms with van der Waals surface area (Å²) in [5, 5.41) is 6.81. The number of anilines is 3. The molecule has 0 bridgehead atoms. The minimum Gasteiger partial charge on any atom is -0.369 e. The lowest BCUT2D eigenvalue weighted by atomic mass is 10.2. The predicted molar refractivity (Wildman–Crippen MR) is 144 cm³/mol. The van der Waals surface area contributed by atoms with Crippen LogP contribution in [0.25, 0.3) is 0 Å². The minimum atomic E-state index is -0.552. The zero-order valence-electron chi connectivity index (χ0n) is 21.0. The van der Waals surface area contributed by atoms with Crippen LogP contribution >= 0.6 is 23.2 Å². The third kappa shape index (κ3) is 7.21. The predicted octanol–water partition coefficient (Wildman–Crippen LogP) is 2.15. The number of nitrogens with zero attached hydrogens (tertiary/aromatic N) is 6. The molecule has 0 atom stereocenters. The Balaban J connectivity index is 1.66. The number of hydrazine groups is 1. The molecule has 0 unspecified atom stereocenters. The van der Waals surface area contributed by atoms with Gasteiger partial charge in [-0.1, -0.05) is 0 Å². The summed E-state index contributed by atoms with van der Waals surface area (Å²) in [6, 6.07) is 7.04. The number of hydrogen-bond acceptors (Lipinski definition) is 7. The van der Waals surface area contributed by atoms with Crippen LogP contribution in [0.4, 0.5) is 17.3 Å². The van der Waals surface area contributed by atoms with Crippen molar-refractivity contribution in [3.63, 3.8) is 0 Å². The molecule has 14 heteroatoms. The van der Waals surface area contributed by atoms with Gasteiger partial charge in [0.05, 0.1) is 0 Å². The van der Waals surface area contributed by atoms with E-state index < -0.39 is 11.8 Å². The van der Waals surface area contributed by atoms with E-state index in [-0.39, 0.29) is 29.2 Å². The molecule has 0 spiro atoms. The Labute approximate surface area is 224 Å². The fourth-order valence-electron chi connectivity index (χ4n) is 3.49. The summed E-state index contributed by atoms with van der Waals surface area (Å²) in [5.41, 5.74) is 3.92. The van der Waals surface area contributed by atoms with Gasteiger partial charge in [-0.25, -0.2) is 15.0 Å². The number of amides is 3. The first-order valence-electron chi connectivity index (χ1n) is 11.3. The summed E-state index contributed by atoms with van der Waals surface area (Å²) >= 11 is 11.7. The number of rotatable bonds is 11. The summed E-state index contributed by atoms with van der Waals surface area (Å²) in [6.45, 7) is 1.28. The fourth-order valence-corrected chi connectivity index (χ4v) is 3.89. The monoisotopic (exact) mass is 549 g/mol. The van der Waals surface area contributed by atoms with Crippen molar-refractivity contribution >= 4 is 58.2 Å². The highest BCUT2D eigenvalue weighted by Gasteiger charge is 2.20. The number of hydrogen-bond donors (Lipinski definition) is 3. The average molecular weight is 550 g/mol. The Kier molecular flexibility index (Phi) is 9.50. The molecular formula is C23H29Cl2N9O3. The van der Waals surface area contributed by atoms with E-state index >= 15 is 0 Å². The number of carbonyl (C=O) groups is 3. The SMILES string of the molecule is CN(C)NC(=O)c1nc(NC(=O)c2nc(NC(=O)c3ccc(N(CCCl)CCCl)cc3)cn2C)cn1C. The van der Waals surface area contributed by atoms with Gasteiger partial charge in [0, 0.05) is 76.7 Å². The standard InChI is InChI=1S/C23H29Cl2N9O3/c1-31(2)30-23(37)20-27-18(14-33(20)4)29-22(36)19-26-17(13-32(19)3)28-21(35)15-5-7-16(8-6-15)34(11-9-24)12-10-25/h5-8,13-14H,9-12H2,1-4H3,(H,28,35)(H,29,36)(H,30,37). The van der Waals surface area contributed by atoms with E-state index in [1.54, 1.807) is 40.3 Å². The van der Waals surface area contributed by atoms with Crippen molar-refractivity contribution in [2.75, 3.05) is 54.5 Å². The van der Waals surface area contributed by atoms with Crippen LogP contribution in [0.5, 0.6) is 0 Å².